The normalized spacial score (nSPS) is 8.25. The van der Waals surface area contributed by atoms with E-state index in [1.165, 1.54) is 0 Å². The Morgan fingerprint density at radius 2 is 2.00 bits per heavy atom. The fraction of sp³-hybridized carbons (Fsp3) is 1.00. The standard InChI is InChI=1S/C5H13NO.BrH/c1-6-4-2-3-5-7;/h6-7H,2-5H2,1H3;1H. The molecule has 0 aliphatic carbocycles. The van der Waals surface area contributed by atoms with E-state index in [0.717, 1.165) is 19.4 Å². The summed E-state index contributed by atoms with van der Waals surface area (Å²) < 4.78 is 0. The Bertz CT molecular complexity index is 31.6. The zero-order valence-corrected chi connectivity index (χ0v) is 6.82. The van der Waals surface area contributed by atoms with Gasteiger partial charge in [-0.15, -0.1) is 0 Å². The number of aliphatic hydroxyl groups is 1. The molecule has 0 fully saturated rings. The molecule has 0 atom stereocenters. The van der Waals surface area contributed by atoms with Crippen LogP contribution < -0.4 is 22.3 Å². The van der Waals surface area contributed by atoms with Crippen molar-refractivity contribution < 1.29 is 27.4 Å². The maximum Gasteiger partial charge on any atom is 0.0754 e. The topological polar surface area (TPSA) is 36.8 Å². The van der Waals surface area contributed by atoms with Gasteiger partial charge in [-0.2, -0.15) is 0 Å². The molecule has 0 amide bonds. The molecular formula is C5H14BrNO. The average Bonchev–Trinajstić information content (AvgIpc) is 1.69. The van der Waals surface area contributed by atoms with Crippen molar-refractivity contribution in [3.63, 3.8) is 0 Å². The van der Waals surface area contributed by atoms with Crippen molar-refractivity contribution in [2.24, 2.45) is 0 Å². The summed E-state index contributed by atoms with van der Waals surface area (Å²) in [6, 6.07) is 0. The Kier molecular flexibility index (Phi) is 14.6. The van der Waals surface area contributed by atoms with E-state index in [9.17, 15) is 0 Å². The number of quaternary nitrogens is 1. The van der Waals surface area contributed by atoms with Crippen LogP contribution in [0.25, 0.3) is 0 Å². The third-order valence-corrected chi connectivity index (χ3v) is 0.901. The van der Waals surface area contributed by atoms with E-state index in [4.69, 9.17) is 5.11 Å². The van der Waals surface area contributed by atoms with Crippen LogP contribution in [0.2, 0.25) is 0 Å². The fourth-order valence-electron chi connectivity index (χ4n) is 0.460. The van der Waals surface area contributed by atoms with E-state index in [-0.39, 0.29) is 17.0 Å². The van der Waals surface area contributed by atoms with Crippen molar-refractivity contribution in [1.82, 2.24) is 0 Å². The van der Waals surface area contributed by atoms with Crippen LogP contribution in [0, 0.1) is 0 Å². The van der Waals surface area contributed by atoms with E-state index in [1.54, 1.807) is 0 Å². The molecule has 0 heterocycles. The summed E-state index contributed by atoms with van der Waals surface area (Å²) in [6.07, 6.45) is 2.08. The third-order valence-electron chi connectivity index (χ3n) is 0.901. The first-order valence-corrected chi connectivity index (χ1v) is 2.80. The van der Waals surface area contributed by atoms with Gasteiger partial charge in [0, 0.05) is 6.61 Å². The van der Waals surface area contributed by atoms with Gasteiger partial charge < -0.3 is 27.4 Å². The van der Waals surface area contributed by atoms with Gasteiger partial charge in [0.25, 0.3) is 0 Å². The van der Waals surface area contributed by atoms with Crippen molar-refractivity contribution >= 4 is 0 Å². The summed E-state index contributed by atoms with van der Waals surface area (Å²) in [7, 11) is 2.04. The zero-order chi connectivity index (χ0) is 5.54. The molecule has 0 saturated heterocycles. The van der Waals surface area contributed by atoms with E-state index in [1.807, 2.05) is 7.05 Å². The van der Waals surface area contributed by atoms with Gasteiger partial charge in [0.05, 0.1) is 13.6 Å². The smallest absolute Gasteiger partial charge is 0.0754 e. The second kappa shape index (κ2) is 10.4. The SMILES string of the molecule is C[NH2+]CCCCO.[Br-]. The van der Waals surface area contributed by atoms with Gasteiger partial charge in [-0.05, 0) is 12.8 Å². The molecule has 0 radical (unpaired) electrons. The van der Waals surface area contributed by atoms with Crippen molar-refractivity contribution in [3.05, 3.63) is 0 Å². The average molecular weight is 184 g/mol. The molecule has 8 heavy (non-hydrogen) atoms. The van der Waals surface area contributed by atoms with Gasteiger partial charge in [-0.1, -0.05) is 0 Å². The van der Waals surface area contributed by atoms with Crippen LogP contribution in [-0.2, 0) is 0 Å². The van der Waals surface area contributed by atoms with Crippen LogP contribution in [0.1, 0.15) is 12.8 Å². The Balaban J connectivity index is 0. The summed E-state index contributed by atoms with van der Waals surface area (Å²) in [5, 5.41) is 10.4. The number of hydrogen-bond acceptors (Lipinski definition) is 1. The summed E-state index contributed by atoms with van der Waals surface area (Å²) in [4.78, 5) is 0. The van der Waals surface area contributed by atoms with Crippen LogP contribution in [0.3, 0.4) is 0 Å². The van der Waals surface area contributed by atoms with Crippen molar-refractivity contribution in [1.29, 1.82) is 0 Å². The summed E-state index contributed by atoms with van der Waals surface area (Å²) in [5.41, 5.74) is 0. The molecule has 3 N–H and O–H groups in total. The van der Waals surface area contributed by atoms with Gasteiger partial charge in [0.2, 0.25) is 0 Å². The summed E-state index contributed by atoms with van der Waals surface area (Å²) in [6.45, 7) is 1.48. The van der Waals surface area contributed by atoms with Gasteiger partial charge in [-0.25, -0.2) is 0 Å². The summed E-state index contributed by atoms with van der Waals surface area (Å²) >= 11 is 0. The molecule has 0 spiro atoms. The van der Waals surface area contributed by atoms with Gasteiger partial charge in [-0.3, -0.25) is 0 Å². The molecule has 0 unspecified atom stereocenters. The molecule has 0 aromatic rings. The molecule has 0 rings (SSSR count). The largest absolute Gasteiger partial charge is 1.00 e. The first kappa shape index (κ1) is 11.2. The molecular weight excluding hydrogens is 170 g/mol. The van der Waals surface area contributed by atoms with E-state index >= 15 is 0 Å². The van der Waals surface area contributed by atoms with Crippen LogP contribution in [0.5, 0.6) is 0 Å². The first-order valence-electron chi connectivity index (χ1n) is 2.80. The minimum atomic E-state index is 0. The van der Waals surface area contributed by atoms with Crippen molar-refractivity contribution in [2.45, 2.75) is 12.8 Å². The molecule has 2 nitrogen and oxygen atoms in total. The van der Waals surface area contributed by atoms with Gasteiger partial charge >= 0.3 is 0 Å². The number of aliphatic hydroxyl groups excluding tert-OH is 1. The number of halogens is 1. The third kappa shape index (κ3) is 9.64. The number of rotatable bonds is 4. The number of nitrogens with two attached hydrogens (primary N) is 1. The van der Waals surface area contributed by atoms with Crippen LogP contribution in [0.15, 0.2) is 0 Å². The fourth-order valence-corrected chi connectivity index (χ4v) is 0.460. The molecule has 52 valence electrons. The van der Waals surface area contributed by atoms with E-state index < -0.39 is 0 Å². The van der Waals surface area contributed by atoms with Gasteiger partial charge in [0.1, 0.15) is 0 Å². The highest BCUT2D eigenvalue weighted by molar-refractivity contribution is 4.30. The zero-order valence-electron chi connectivity index (χ0n) is 5.23. The Morgan fingerprint density at radius 3 is 2.38 bits per heavy atom. The Labute approximate surface area is 61.1 Å². The van der Waals surface area contributed by atoms with Crippen molar-refractivity contribution in [2.75, 3.05) is 20.2 Å². The Morgan fingerprint density at radius 1 is 1.38 bits per heavy atom. The van der Waals surface area contributed by atoms with Crippen molar-refractivity contribution in [3.8, 4) is 0 Å². The predicted molar refractivity (Wildman–Crippen MR) is 29.0 cm³/mol. The van der Waals surface area contributed by atoms with Gasteiger partial charge in [0.15, 0.2) is 0 Å². The molecule has 0 aliphatic heterocycles. The monoisotopic (exact) mass is 183 g/mol. The van der Waals surface area contributed by atoms with E-state index in [2.05, 4.69) is 5.32 Å². The lowest BCUT2D eigenvalue weighted by atomic mass is 10.3. The minimum absolute atomic E-state index is 0. The lowest BCUT2D eigenvalue weighted by Crippen LogP contribution is -3.00. The van der Waals surface area contributed by atoms with E-state index in [0.29, 0.717) is 6.61 Å². The maximum atomic E-state index is 8.28. The number of unbranched alkanes of at least 4 members (excludes halogenated alkanes) is 1. The highest BCUT2D eigenvalue weighted by atomic mass is 79.9. The first-order chi connectivity index (χ1) is 3.41. The number of hydrogen-bond donors (Lipinski definition) is 2. The lowest BCUT2D eigenvalue weighted by Gasteiger charge is -1.90. The minimum Gasteiger partial charge on any atom is -1.00 e. The van der Waals surface area contributed by atoms with Crippen LogP contribution in [0.4, 0.5) is 0 Å². The van der Waals surface area contributed by atoms with Crippen LogP contribution in [-0.4, -0.2) is 25.3 Å². The maximum absolute atomic E-state index is 8.28. The summed E-state index contributed by atoms with van der Waals surface area (Å²) in [5.74, 6) is 0. The lowest BCUT2D eigenvalue weighted by molar-refractivity contribution is -0.627. The second-order valence-electron chi connectivity index (χ2n) is 1.63. The molecule has 0 aromatic heterocycles. The quantitative estimate of drug-likeness (QED) is 0.429. The highest BCUT2D eigenvalue weighted by Crippen LogP contribution is 1.78. The second-order valence-corrected chi connectivity index (χ2v) is 1.63. The Hall–Kier alpha value is 0.400. The molecule has 0 saturated carbocycles. The molecule has 0 aliphatic rings. The molecule has 3 heteroatoms. The molecule has 0 bridgehead atoms. The van der Waals surface area contributed by atoms with Crippen LogP contribution >= 0.6 is 0 Å². The highest BCUT2D eigenvalue weighted by Gasteiger charge is 1.82. The molecule has 0 aromatic carbocycles. The predicted octanol–water partition coefficient (Wildman–Crippen LogP) is -4.04.